The fourth-order valence-corrected chi connectivity index (χ4v) is 2.13. The van der Waals surface area contributed by atoms with Crippen LogP contribution in [-0.2, 0) is 13.5 Å². The lowest BCUT2D eigenvalue weighted by atomic mass is 10.1. The molecule has 0 aliphatic rings. The smallest absolute Gasteiger partial charge is 0.220 e. The highest BCUT2D eigenvalue weighted by molar-refractivity contribution is 6.32. The average Bonchev–Trinajstić information content (AvgIpc) is 2.60. The lowest BCUT2D eigenvalue weighted by Crippen LogP contribution is -1.98. The number of hydrogen-bond donors (Lipinski definition) is 1. The van der Waals surface area contributed by atoms with Gasteiger partial charge < -0.3 is 9.84 Å². The van der Waals surface area contributed by atoms with Crippen molar-refractivity contribution in [3.63, 3.8) is 0 Å². The Labute approximate surface area is 117 Å². The van der Waals surface area contributed by atoms with Crippen molar-refractivity contribution in [1.29, 1.82) is 0 Å². The summed E-state index contributed by atoms with van der Waals surface area (Å²) in [5, 5.41) is 14.3. The van der Waals surface area contributed by atoms with E-state index in [0.717, 1.165) is 23.2 Å². The van der Waals surface area contributed by atoms with Crippen LogP contribution in [0.15, 0.2) is 12.1 Å². The molecule has 0 amide bonds. The van der Waals surface area contributed by atoms with Crippen LogP contribution in [-0.4, -0.2) is 14.9 Å². The number of nitrogens with zero attached hydrogens (tertiary/aromatic N) is 2. The number of hydrogen-bond acceptors (Lipinski definition) is 3. The number of ether oxygens (including phenoxy) is 1. The van der Waals surface area contributed by atoms with E-state index in [0.29, 0.717) is 16.7 Å². The Kier molecular flexibility index (Phi) is 3.71. The molecular weight excluding hydrogens is 264 g/mol. The van der Waals surface area contributed by atoms with Gasteiger partial charge in [0.1, 0.15) is 11.5 Å². The number of aromatic hydroxyl groups is 1. The summed E-state index contributed by atoms with van der Waals surface area (Å²) in [4.78, 5) is 0. The Morgan fingerprint density at radius 3 is 2.58 bits per heavy atom. The first-order chi connectivity index (χ1) is 8.93. The number of benzene rings is 1. The topological polar surface area (TPSA) is 47.3 Å². The molecule has 0 aliphatic carbocycles. The van der Waals surface area contributed by atoms with Gasteiger partial charge in [-0.25, -0.2) is 4.68 Å². The van der Waals surface area contributed by atoms with Gasteiger partial charge in [0, 0.05) is 18.7 Å². The van der Waals surface area contributed by atoms with Gasteiger partial charge in [0.2, 0.25) is 5.88 Å². The van der Waals surface area contributed by atoms with Crippen LogP contribution in [0.2, 0.25) is 5.02 Å². The van der Waals surface area contributed by atoms with Crippen LogP contribution in [0, 0.1) is 13.8 Å². The Morgan fingerprint density at radius 2 is 2.05 bits per heavy atom. The third-order valence-corrected chi connectivity index (χ3v) is 3.48. The van der Waals surface area contributed by atoms with Crippen molar-refractivity contribution in [2.75, 3.05) is 0 Å². The molecule has 0 saturated heterocycles. The van der Waals surface area contributed by atoms with Crippen molar-refractivity contribution in [2.24, 2.45) is 7.05 Å². The van der Waals surface area contributed by atoms with E-state index in [1.54, 1.807) is 16.8 Å². The lowest BCUT2D eigenvalue weighted by molar-refractivity contribution is 0.416. The first-order valence-electron chi connectivity index (χ1n) is 6.13. The van der Waals surface area contributed by atoms with Gasteiger partial charge in [0.15, 0.2) is 0 Å². The Hall–Kier alpha value is -1.68. The van der Waals surface area contributed by atoms with Gasteiger partial charge in [-0.2, -0.15) is 5.10 Å². The van der Waals surface area contributed by atoms with Crippen molar-refractivity contribution in [3.8, 4) is 17.4 Å². The molecular formula is C14H17ClN2O2. The van der Waals surface area contributed by atoms with Crippen molar-refractivity contribution in [3.05, 3.63) is 34.0 Å². The van der Waals surface area contributed by atoms with Crippen molar-refractivity contribution >= 4 is 11.6 Å². The maximum absolute atomic E-state index is 9.71. The van der Waals surface area contributed by atoms with Crippen molar-refractivity contribution in [1.82, 2.24) is 9.78 Å². The van der Waals surface area contributed by atoms with Crippen LogP contribution in [0.1, 0.15) is 23.7 Å². The molecule has 0 bridgehead atoms. The lowest BCUT2D eigenvalue weighted by Gasteiger charge is -2.12. The summed E-state index contributed by atoms with van der Waals surface area (Å²) in [6, 6.07) is 3.27. The highest BCUT2D eigenvalue weighted by Crippen LogP contribution is 2.35. The highest BCUT2D eigenvalue weighted by atomic mass is 35.5. The highest BCUT2D eigenvalue weighted by Gasteiger charge is 2.14. The molecule has 0 aliphatic heterocycles. The molecule has 0 spiro atoms. The third kappa shape index (κ3) is 2.54. The number of rotatable bonds is 3. The molecule has 1 aromatic heterocycles. The number of phenolic OH excluding ortho intramolecular Hbond substituents is 1. The van der Waals surface area contributed by atoms with Crippen LogP contribution in [0.25, 0.3) is 0 Å². The van der Waals surface area contributed by atoms with E-state index in [1.165, 1.54) is 0 Å². The van der Waals surface area contributed by atoms with Gasteiger partial charge in [-0.3, -0.25) is 0 Å². The summed E-state index contributed by atoms with van der Waals surface area (Å²) in [7, 11) is 1.83. The maximum atomic E-state index is 9.71. The zero-order valence-corrected chi connectivity index (χ0v) is 12.2. The minimum Gasteiger partial charge on any atom is -0.506 e. The summed E-state index contributed by atoms with van der Waals surface area (Å²) < 4.78 is 7.59. The van der Waals surface area contributed by atoms with E-state index in [2.05, 4.69) is 5.10 Å². The SMILES string of the molecule is CCc1cc(Cl)c(O)cc1Oc1c(C)c(C)nn1C. The van der Waals surface area contributed by atoms with E-state index in [4.69, 9.17) is 16.3 Å². The van der Waals surface area contributed by atoms with Crippen LogP contribution in [0.3, 0.4) is 0 Å². The monoisotopic (exact) mass is 280 g/mol. The molecule has 1 heterocycles. The second kappa shape index (κ2) is 5.13. The molecule has 0 unspecified atom stereocenters. The summed E-state index contributed by atoms with van der Waals surface area (Å²) in [5.74, 6) is 1.30. The molecule has 102 valence electrons. The Balaban J connectivity index is 2.46. The van der Waals surface area contributed by atoms with E-state index in [-0.39, 0.29) is 5.75 Å². The predicted molar refractivity (Wildman–Crippen MR) is 75.3 cm³/mol. The fraction of sp³-hybridized carbons (Fsp3) is 0.357. The molecule has 5 heteroatoms. The molecule has 0 saturated carbocycles. The van der Waals surface area contributed by atoms with Crippen LogP contribution in [0.4, 0.5) is 0 Å². The minimum atomic E-state index is 0.0189. The molecule has 0 atom stereocenters. The van der Waals surface area contributed by atoms with Crippen molar-refractivity contribution in [2.45, 2.75) is 27.2 Å². The summed E-state index contributed by atoms with van der Waals surface area (Å²) in [6.45, 7) is 5.90. The predicted octanol–water partition coefficient (Wildman–Crippen LogP) is 3.75. The van der Waals surface area contributed by atoms with Gasteiger partial charge in [-0.1, -0.05) is 18.5 Å². The molecule has 1 aromatic carbocycles. The van der Waals surface area contributed by atoms with E-state index in [9.17, 15) is 5.11 Å². The number of halogens is 1. The molecule has 0 fully saturated rings. The number of aryl methyl sites for hydroxylation is 3. The number of aromatic nitrogens is 2. The third-order valence-electron chi connectivity index (χ3n) is 3.17. The Bertz CT molecular complexity index is 620. The fourth-order valence-electron chi connectivity index (χ4n) is 1.94. The second-order valence-electron chi connectivity index (χ2n) is 4.51. The van der Waals surface area contributed by atoms with Gasteiger partial charge in [0.05, 0.1) is 10.7 Å². The maximum Gasteiger partial charge on any atom is 0.220 e. The zero-order valence-electron chi connectivity index (χ0n) is 11.5. The van der Waals surface area contributed by atoms with Crippen LogP contribution >= 0.6 is 11.6 Å². The molecule has 2 aromatic rings. The van der Waals surface area contributed by atoms with Gasteiger partial charge in [-0.05, 0) is 31.9 Å². The van der Waals surface area contributed by atoms with Gasteiger partial charge >= 0.3 is 0 Å². The first kappa shape index (κ1) is 13.7. The molecule has 19 heavy (non-hydrogen) atoms. The summed E-state index contributed by atoms with van der Waals surface area (Å²) in [5.41, 5.74) is 2.86. The first-order valence-corrected chi connectivity index (χ1v) is 6.51. The van der Waals surface area contributed by atoms with Crippen molar-refractivity contribution < 1.29 is 9.84 Å². The van der Waals surface area contributed by atoms with E-state index in [1.807, 2.05) is 27.8 Å². The zero-order chi connectivity index (χ0) is 14.2. The molecule has 4 nitrogen and oxygen atoms in total. The van der Waals surface area contributed by atoms with Gasteiger partial charge in [0.25, 0.3) is 0 Å². The van der Waals surface area contributed by atoms with Gasteiger partial charge in [-0.15, -0.1) is 0 Å². The quantitative estimate of drug-likeness (QED) is 0.931. The second-order valence-corrected chi connectivity index (χ2v) is 4.91. The van der Waals surface area contributed by atoms with E-state index >= 15 is 0 Å². The minimum absolute atomic E-state index is 0.0189. The average molecular weight is 281 g/mol. The van der Waals surface area contributed by atoms with E-state index < -0.39 is 0 Å². The Morgan fingerprint density at radius 1 is 1.37 bits per heavy atom. The molecule has 0 radical (unpaired) electrons. The van der Waals surface area contributed by atoms with Crippen LogP contribution < -0.4 is 4.74 Å². The van der Waals surface area contributed by atoms with Crippen LogP contribution in [0.5, 0.6) is 17.4 Å². The summed E-state index contributed by atoms with van der Waals surface area (Å²) in [6.07, 6.45) is 0.769. The normalized spacial score (nSPS) is 10.8. The standard InChI is InChI=1S/C14H17ClN2O2/c1-5-10-6-11(15)12(18)7-13(10)19-14-8(2)9(3)16-17(14)4/h6-7,18H,5H2,1-4H3. The largest absolute Gasteiger partial charge is 0.506 e. The summed E-state index contributed by atoms with van der Waals surface area (Å²) >= 11 is 5.91. The molecule has 2 rings (SSSR count). The molecule has 1 N–H and O–H groups in total. The number of phenols is 1.